The third-order valence-corrected chi connectivity index (χ3v) is 3.26. The van der Waals surface area contributed by atoms with Gasteiger partial charge in [0.1, 0.15) is 0 Å². The molecule has 0 aliphatic heterocycles. The molecule has 0 saturated heterocycles. The Kier molecular flexibility index (Phi) is 7.24. The molecule has 1 N–H and O–H groups in total. The van der Waals surface area contributed by atoms with Crippen LogP contribution < -0.4 is 5.32 Å². The van der Waals surface area contributed by atoms with E-state index in [4.69, 9.17) is 0 Å². The second kappa shape index (κ2) is 8.73. The maximum atomic E-state index is 3.63. The molecule has 2 rings (SSSR count). The Labute approximate surface area is 122 Å². The quantitative estimate of drug-likeness (QED) is 0.824. The van der Waals surface area contributed by atoms with Crippen LogP contribution in [0.1, 0.15) is 30.5 Å². The molecule has 0 aromatic heterocycles. The van der Waals surface area contributed by atoms with E-state index in [1.165, 1.54) is 11.1 Å². The molecule has 0 bridgehead atoms. The summed E-state index contributed by atoms with van der Waals surface area (Å²) in [5.74, 6) is 0. The molecule has 2 aromatic carbocycles. The van der Waals surface area contributed by atoms with Crippen LogP contribution in [0.3, 0.4) is 0 Å². The summed E-state index contributed by atoms with van der Waals surface area (Å²) < 4.78 is 0. The lowest BCUT2D eigenvalue weighted by Gasteiger charge is -2.17. The van der Waals surface area contributed by atoms with Crippen molar-refractivity contribution in [3.8, 4) is 0 Å². The van der Waals surface area contributed by atoms with Crippen molar-refractivity contribution in [3.05, 3.63) is 71.8 Å². The average molecular weight is 276 g/mol. The van der Waals surface area contributed by atoms with Crippen LogP contribution in [0.15, 0.2) is 60.7 Å². The molecule has 19 heavy (non-hydrogen) atoms. The summed E-state index contributed by atoms with van der Waals surface area (Å²) in [4.78, 5) is 0. The van der Waals surface area contributed by atoms with Gasteiger partial charge >= 0.3 is 0 Å². The molecule has 102 valence electrons. The molecule has 1 atom stereocenters. The molecule has 0 aliphatic carbocycles. The standard InChI is InChI=1S/C17H21N.ClH/c1-2-17(16-11-7-4-8-12-16)18-14-13-15-9-5-3-6-10-15;/h3-12,17-18H,2,13-14H2,1H3;1H. The van der Waals surface area contributed by atoms with Crippen molar-refractivity contribution in [1.29, 1.82) is 0 Å². The lowest BCUT2D eigenvalue weighted by molar-refractivity contribution is 0.522. The highest BCUT2D eigenvalue weighted by Gasteiger charge is 2.06. The van der Waals surface area contributed by atoms with E-state index in [1.807, 2.05) is 0 Å². The highest BCUT2D eigenvalue weighted by Crippen LogP contribution is 2.15. The van der Waals surface area contributed by atoms with E-state index in [0.717, 1.165) is 19.4 Å². The van der Waals surface area contributed by atoms with Gasteiger partial charge in [0.25, 0.3) is 0 Å². The third kappa shape index (κ3) is 5.06. The van der Waals surface area contributed by atoms with E-state index < -0.39 is 0 Å². The van der Waals surface area contributed by atoms with Gasteiger partial charge in [-0.05, 0) is 30.5 Å². The van der Waals surface area contributed by atoms with Crippen LogP contribution >= 0.6 is 12.4 Å². The summed E-state index contributed by atoms with van der Waals surface area (Å²) in [6.45, 7) is 3.25. The van der Waals surface area contributed by atoms with Gasteiger partial charge in [0.05, 0.1) is 0 Å². The SMILES string of the molecule is CCC(NCCc1ccccc1)c1ccccc1.Cl. The highest BCUT2D eigenvalue weighted by atomic mass is 35.5. The summed E-state index contributed by atoms with van der Waals surface area (Å²) >= 11 is 0. The molecule has 0 spiro atoms. The van der Waals surface area contributed by atoms with Crippen molar-refractivity contribution in [2.45, 2.75) is 25.8 Å². The maximum absolute atomic E-state index is 3.63. The Hall–Kier alpha value is -1.31. The highest BCUT2D eigenvalue weighted by molar-refractivity contribution is 5.85. The molecule has 0 saturated carbocycles. The maximum Gasteiger partial charge on any atom is 0.0317 e. The fourth-order valence-electron chi connectivity index (χ4n) is 2.22. The Bertz CT molecular complexity index is 441. The molecule has 0 heterocycles. The van der Waals surface area contributed by atoms with Crippen molar-refractivity contribution in [1.82, 2.24) is 5.32 Å². The molecular formula is C17H22ClN. The first-order valence-corrected chi connectivity index (χ1v) is 6.72. The summed E-state index contributed by atoms with van der Waals surface area (Å²) in [5, 5.41) is 3.63. The van der Waals surface area contributed by atoms with Crippen LogP contribution in [-0.4, -0.2) is 6.54 Å². The topological polar surface area (TPSA) is 12.0 Å². The lowest BCUT2D eigenvalue weighted by Crippen LogP contribution is -2.23. The van der Waals surface area contributed by atoms with Gasteiger partial charge in [0.2, 0.25) is 0 Å². The Balaban J connectivity index is 0.00000180. The van der Waals surface area contributed by atoms with E-state index in [1.54, 1.807) is 0 Å². The van der Waals surface area contributed by atoms with Gasteiger partial charge < -0.3 is 5.32 Å². The number of hydrogen-bond acceptors (Lipinski definition) is 1. The van der Waals surface area contributed by atoms with Crippen LogP contribution in [0.4, 0.5) is 0 Å². The molecular weight excluding hydrogens is 254 g/mol. The third-order valence-electron chi connectivity index (χ3n) is 3.26. The van der Waals surface area contributed by atoms with Crippen molar-refractivity contribution < 1.29 is 0 Å². The largest absolute Gasteiger partial charge is 0.310 e. The molecule has 0 amide bonds. The number of benzene rings is 2. The first kappa shape index (κ1) is 15.7. The van der Waals surface area contributed by atoms with E-state index in [0.29, 0.717) is 6.04 Å². The van der Waals surface area contributed by atoms with Crippen LogP contribution in [0.5, 0.6) is 0 Å². The van der Waals surface area contributed by atoms with Gasteiger partial charge in [-0.3, -0.25) is 0 Å². The average Bonchev–Trinajstić information content (AvgIpc) is 2.46. The second-order valence-corrected chi connectivity index (χ2v) is 4.56. The van der Waals surface area contributed by atoms with Crippen molar-refractivity contribution >= 4 is 12.4 Å². The van der Waals surface area contributed by atoms with Gasteiger partial charge in [-0.25, -0.2) is 0 Å². The molecule has 1 nitrogen and oxygen atoms in total. The number of nitrogens with one attached hydrogen (secondary N) is 1. The van der Waals surface area contributed by atoms with Crippen LogP contribution in [-0.2, 0) is 6.42 Å². The summed E-state index contributed by atoms with van der Waals surface area (Å²) in [6.07, 6.45) is 2.21. The fourth-order valence-corrected chi connectivity index (χ4v) is 2.22. The Morgan fingerprint density at radius 1 is 0.895 bits per heavy atom. The smallest absolute Gasteiger partial charge is 0.0317 e. The van der Waals surface area contributed by atoms with Crippen molar-refractivity contribution in [3.63, 3.8) is 0 Å². The van der Waals surface area contributed by atoms with E-state index >= 15 is 0 Å². The van der Waals surface area contributed by atoms with Gasteiger partial charge in [-0.1, -0.05) is 67.6 Å². The molecule has 2 aromatic rings. The monoisotopic (exact) mass is 275 g/mol. The van der Waals surface area contributed by atoms with E-state index in [9.17, 15) is 0 Å². The number of halogens is 1. The fraction of sp³-hybridized carbons (Fsp3) is 0.294. The van der Waals surface area contributed by atoms with Gasteiger partial charge in [-0.15, -0.1) is 12.4 Å². The zero-order valence-corrected chi connectivity index (χ0v) is 12.2. The van der Waals surface area contributed by atoms with E-state index in [-0.39, 0.29) is 12.4 Å². The van der Waals surface area contributed by atoms with Gasteiger partial charge in [0.15, 0.2) is 0 Å². The summed E-state index contributed by atoms with van der Waals surface area (Å²) in [5.41, 5.74) is 2.78. The Morgan fingerprint density at radius 3 is 2.05 bits per heavy atom. The van der Waals surface area contributed by atoms with Gasteiger partial charge in [-0.2, -0.15) is 0 Å². The van der Waals surface area contributed by atoms with Crippen molar-refractivity contribution in [2.24, 2.45) is 0 Å². The molecule has 1 unspecified atom stereocenters. The number of rotatable bonds is 6. The summed E-state index contributed by atoms with van der Waals surface area (Å²) in [6, 6.07) is 21.8. The zero-order chi connectivity index (χ0) is 12.6. The minimum Gasteiger partial charge on any atom is -0.310 e. The normalized spacial score (nSPS) is 11.6. The molecule has 0 radical (unpaired) electrons. The first-order chi connectivity index (χ1) is 8.90. The van der Waals surface area contributed by atoms with Crippen LogP contribution in [0.2, 0.25) is 0 Å². The minimum absolute atomic E-state index is 0. The second-order valence-electron chi connectivity index (χ2n) is 4.56. The summed E-state index contributed by atoms with van der Waals surface area (Å²) in [7, 11) is 0. The first-order valence-electron chi connectivity index (χ1n) is 6.72. The zero-order valence-electron chi connectivity index (χ0n) is 11.4. The predicted molar refractivity (Wildman–Crippen MR) is 84.9 cm³/mol. The van der Waals surface area contributed by atoms with Gasteiger partial charge in [0, 0.05) is 6.04 Å². The minimum atomic E-state index is 0. The molecule has 2 heteroatoms. The molecule has 0 aliphatic rings. The van der Waals surface area contributed by atoms with Crippen molar-refractivity contribution in [2.75, 3.05) is 6.54 Å². The molecule has 0 fully saturated rings. The Morgan fingerprint density at radius 2 is 1.47 bits per heavy atom. The predicted octanol–water partition coefficient (Wildman–Crippen LogP) is 4.39. The van der Waals surface area contributed by atoms with Crippen LogP contribution in [0, 0.1) is 0 Å². The van der Waals surface area contributed by atoms with E-state index in [2.05, 4.69) is 72.9 Å². The van der Waals surface area contributed by atoms with Crippen LogP contribution in [0.25, 0.3) is 0 Å². The lowest BCUT2D eigenvalue weighted by atomic mass is 10.0. The number of hydrogen-bond donors (Lipinski definition) is 1.